The van der Waals surface area contributed by atoms with E-state index < -0.39 is 0 Å². The number of phenolic OH excluding ortho intramolecular Hbond substituents is 1. The Bertz CT molecular complexity index is 711. The lowest BCUT2D eigenvalue weighted by atomic mass is 10.1. The number of hydrogen-bond donors (Lipinski definition) is 2. The Balaban J connectivity index is 1.77. The van der Waals surface area contributed by atoms with Crippen molar-refractivity contribution < 1.29 is 19.3 Å². The molecule has 1 aliphatic carbocycles. The van der Waals surface area contributed by atoms with Crippen LogP contribution in [0.15, 0.2) is 36.4 Å². The van der Waals surface area contributed by atoms with Crippen LogP contribution in [0.25, 0.3) is 0 Å². The van der Waals surface area contributed by atoms with E-state index in [0.29, 0.717) is 12.3 Å². The SMILES string of the molecule is COc1ccc(NCc2cccc(OC)c2O)c(OC2CCCC2)c1. The van der Waals surface area contributed by atoms with Crippen molar-refractivity contribution in [2.75, 3.05) is 19.5 Å². The van der Waals surface area contributed by atoms with Crippen molar-refractivity contribution in [3.8, 4) is 23.0 Å². The van der Waals surface area contributed by atoms with Gasteiger partial charge < -0.3 is 24.6 Å². The van der Waals surface area contributed by atoms with Crippen molar-refractivity contribution in [2.45, 2.75) is 38.3 Å². The van der Waals surface area contributed by atoms with Crippen LogP contribution in [-0.4, -0.2) is 25.4 Å². The number of aromatic hydroxyl groups is 1. The molecule has 2 aromatic rings. The molecule has 134 valence electrons. The Morgan fingerprint density at radius 3 is 2.56 bits per heavy atom. The highest BCUT2D eigenvalue weighted by molar-refractivity contribution is 5.60. The van der Waals surface area contributed by atoms with Crippen LogP contribution in [-0.2, 0) is 6.54 Å². The first kappa shape index (κ1) is 17.3. The van der Waals surface area contributed by atoms with Gasteiger partial charge in [-0.1, -0.05) is 12.1 Å². The fourth-order valence-electron chi connectivity index (χ4n) is 3.12. The lowest BCUT2D eigenvalue weighted by Gasteiger charge is -2.19. The van der Waals surface area contributed by atoms with Crippen LogP contribution in [0.2, 0.25) is 0 Å². The van der Waals surface area contributed by atoms with Crippen LogP contribution < -0.4 is 19.5 Å². The highest BCUT2D eigenvalue weighted by atomic mass is 16.5. The molecule has 0 unspecified atom stereocenters. The van der Waals surface area contributed by atoms with E-state index in [0.717, 1.165) is 35.6 Å². The van der Waals surface area contributed by atoms with E-state index in [4.69, 9.17) is 14.2 Å². The van der Waals surface area contributed by atoms with E-state index in [-0.39, 0.29) is 11.9 Å². The lowest BCUT2D eigenvalue weighted by molar-refractivity contribution is 0.210. The van der Waals surface area contributed by atoms with Gasteiger partial charge >= 0.3 is 0 Å². The van der Waals surface area contributed by atoms with Crippen LogP contribution in [0.3, 0.4) is 0 Å². The highest BCUT2D eigenvalue weighted by Crippen LogP contribution is 2.35. The van der Waals surface area contributed by atoms with Crippen molar-refractivity contribution >= 4 is 5.69 Å². The van der Waals surface area contributed by atoms with Crippen molar-refractivity contribution in [3.05, 3.63) is 42.0 Å². The maximum absolute atomic E-state index is 10.2. The Labute approximate surface area is 148 Å². The van der Waals surface area contributed by atoms with E-state index in [1.54, 1.807) is 20.3 Å². The monoisotopic (exact) mass is 343 g/mol. The quantitative estimate of drug-likeness (QED) is 0.783. The number of methoxy groups -OCH3 is 2. The molecule has 25 heavy (non-hydrogen) atoms. The first-order chi connectivity index (χ1) is 12.2. The number of anilines is 1. The van der Waals surface area contributed by atoms with E-state index in [1.807, 2.05) is 30.3 Å². The average molecular weight is 343 g/mol. The molecule has 5 nitrogen and oxygen atoms in total. The zero-order valence-electron chi connectivity index (χ0n) is 14.7. The van der Waals surface area contributed by atoms with Gasteiger partial charge in [0.2, 0.25) is 0 Å². The van der Waals surface area contributed by atoms with E-state index in [2.05, 4.69) is 5.32 Å². The third-order valence-corrected chi connectivity index (χ3v) is 4.56. The minimum absolute atomic E-state index is 0.157. The molecule has 0 bridgehead atoms. The number of benzene rings is 2. The largest absolute Gasteiger partial charge is 0.504 e. The molecule has 2 N–H and O–H groups in total. The Hall–Kier alpha value is -2.56. The van der Waals surface area contributed by atoms with Crippen molar-refractivity contribution in [2.24, 2.45) is 0 Å². The molecule has 1 aliphatic rings. The predicted octanol–water partition coefficient (Wildman–Crippen LogP) is 4.34. The van der Waals surface area contributed by atoms with Gasteiger partial charge in [-0.2, -0.15) is 0 Å². The van der Waals surface area contributed by atoms with Gasteiger partial charge in [0, 0.05) is 18.2 Å². The standard InChI is InChI=1S/C20H25NO4/c1-23-16-10-11-17(19(12-16)25-15-7-3-4-8-15)21-13-14-6-5-9-18(24-2)20(14)22/h5-6,9-12,15,21-22H,3-4,7-8,13H2,1-2H3. The first-order valence-corrected chi connectivity index (χ1v) is 8.64. The van der Waals surface area contributed by atoms with Crippen LogP contribution in [0.5, 0.6) is 23.0 Å². The number of rotatable bonds is 7. The Kier molecular flexibility index (Phi) is 5.53. The maximum Gasteiger partial charge on any atom is 0.162 e. The normalized spacial score (nSPS) is 14.3. The van der Waals surface area contributed by atoms with Gasteiger partial charge in [0.15, 0.2) is 11.5 Å². The molecule has 0 heterocycles. The molecule has 0 spiro atoms. The molecule has 0 atom stereocenters. The summed E-state index contributed by atoms with van der Waals surface area (Å²) in [6.45, 7) is 0.469. The van der Waals surface area contributed by atoms with Gasteiger partial charge in [0.25, 0.3) is 0 Å². The molecule has 2 aromatic carbocycles. The number of phenols is 1. The smallest absolute Gasteiger partial charge is 0.162 e. The second-order valence-corrected chi connectivity index (χ2v) is 6.21. The van der Waals surface area contributed by atoms with E-state index in [9.17, 15) is 5.11 Å². The third-order valence-electron chi connectivity index (χ3n) is 4.56. The number of nitrogens with one attached hydrogen (secondary N) is 1. The average Bonchev–Trinajstić information content (AvgIpc) is 3.14. The summed E-state index contributed by atoms with van der Waals surface area (Å²) in [4.78, 5) is 0. The summed E-state index contributed by atoms with van der Waals surface area (Å²) in [5.74, 6) is 2.18. The summed E-state index contributed by atoms with van der Waals surface area (Å²) in [6.07, 6.45) is 4.88. The van der Waals surface area contributed by atoms with Gasteiger partial charge in [-0.3, -0.25) is 0 Å². The summed E-state index contributed by atoms with van der Waals surface area (Å²) in [7, 11) is 3.19. The fraction of sp³-hybridized carbons (Fsp3) is 0.400. The maximum atomic E-state index is 10.2. The Morgan fingerprint density at radius 1 is 1.04 bits per heavy atom. The summed E-state index contributed by atoms with van der Waals surface area (Å²) in [5, 5.41) is 13.6. The Morgan fingerprint density at radius 2 is 1.84 bits per heavy atom. The second kappa shape index (κ2) is 8.01. The summed E-state index contributed by atoms with van der Waals surface area (Å²) in [6, 6.07) is 11.2. The lowest BCUT2D eigenvalue weighted by Crippen LogP contribution is -2.12. The molecular formula is C20H25NO4. The van der Waals surface area contributed by atoms with Crippen molar-refractivity contribution in [1.29, 1.82) is 0 Å². The van der Waals surface area contributed by atoms with Gasteiger partial charge in [0.05, 0.1) is 26.0 Å². The molecule has 1 saturated carbocycles. The minimum Gasteiger partial charge on any atom is -0.504 e. The summed E-state index contributed by atoms with van der Waals surface area (Å²) < 4.78 is 16.7. The molecule has 0 saturated heterocycles. The minimum atomic E-state index is 0.157. The molecule has 0 aliphatic heterocycles. The van der Waals surface area contributed by atoms with E-state index in [1.165, 1.54) is 12.8 Å². The molecule has 0 radical (unpaired) electrons. The zero-order valence-corrected chi connectivity index (χ0v) is 14.7. The molecule has 0 aromatic heterocycles. The van der Waals surface area contributed by atoms with E-state index >= 15 is 0 Å². The second-order valence-electron chi connectivity index (χ2n) is 6.21. The van der Waals surface area contributed by atoms with Gasteiger partial charge in [-0.05, 0) is 43.9 Å². The molecule has 3 rings (SSSR count). The third kappa shape index (κ3) is 4.10. The van der Waals surface area contributed by atoms with Gasteiger partial charge in [0.1, 0.15) is 11.5 Å². The van der Waals surface area contributed by atoms with Gasteiger partial charge in [-0.15, -0.1) is 0 Å². The molecule has 1 fully saturated rings. The molecule has 0 amide bonds. The summed E-state index contributed by atoms with van der Waals surface area (Å²) in [5.41, 5.74) is 1.65. The van der Waals surface area contributed by atoms with Crippen molar-refractivity contribution in [1.82, 2.24) is 0 Å². The fourth-order valence-corrected chi connectivity index (χ4v) is 3.12. The number of hydrogen-bond acceptors (Lipinski definition) is 5. The first-order valence-electron chi connectivity index (χ1n) is 8.64. The topological polar surface area (TPSA) is 60.0 Å². The highest BCUT2D eigenvalue weighted by Gasteiger charge is 2.18. The van der Waals surface area contributed by atoms with Crippen molar-refractivity contribution in [3.63, 3.8) is 0 Å². The predicted molar refractivity (Wildman–Crippen MR) is 97.9 cm³/mol. The van der Waals surface area contributed by atoms with Crippen LogP contribution in [0, 0.1) is 0 Å². The zero-order chi connectivity index (χ0) is 17.6. The summed E-state index contributed by atoms with van der Waals surface area (Å²) >= 11 is 0. The van der Waals surface area contributed by atoms with Crippen LogP contribution in [0.4, 0.5) is 5.69 Å². The number of ether oxygens (including phenoxy) is 3. The number of para-hydroxylation sites is 1. The van der Waals surface area contributed by atoms with Crippen LogP contribution in [0.1, 0.15) is 31.2 Å². The van der Waals surface area contributed by atoms with Crippen LogP contribution >= 0.6 is 0 Å². The van der Waals surface area contributed by atoms with Gasteiger partial charge in [-0.25, -0.2) is 0 Å². The molecular weight excluding hydrogens is 318 g/mol. The molecule has 5 heteroatoms.